The van der Waals surface area contributed by atoms with Crippen molar-refractivity contribution in [2.45, 2.75) is 110 Å². The average molecular weight is 458 g/mol. The second-order valence-corrected chi connectivity index (χ2v) is 9.23. The van der Waals surface area contributed by atoms with Gasteiger partial charge >= 0.3 is 5.63 Å². The van der Waals surface area contributed by atoms with E-state index in [4.69, 9.17) is 4.42 Å². The second-order valence-electron chi connectivity index (χ2n) is 9.23. The third kappa shape index (κ3) is 10.9. The van der Waals surface area contributed by atoms with Crippen LogP contribution < -0.4 is 10.9 Å². The molecule has 1 amide bonds. The SMILES string of the molecule is CCCCCCCCCCCCCCCCCCNC(=O)c1cc2ccc(O)cc2oc1=O. The highest BCUT2D eigenvalue weighted by Crippen LogP contribution is 2.19. The van der Waals surface area contributed by atoms with Gasteiger partial charge < -0.3 is 14.8 Å². The van der Waals surface area contributed by atoms with Gasteiger partial charge in [-0.1, -0.05) is 103 Å². The van der Waals surface area contributed by atoms with E-state index >= 15 is 0 Å². The van der Waals surface area contributed by atoms with Crippen molar-refractivity contribution in [1.82, 2.24) is 5.32 Å². The zero-order chi connectivity index (χ0) is 23.7. The Morgan fingerprint density at radius 1 is 0.788 bits per heavy atom. The van der Waals surface area contributed by atoms with E-state index in [2.05, 4.69) is 12.2 Å². The van der Waals surface area contributed by atoms with Crippen LogP contribution in [0.25, 0.3) is 11.0 Å². The van der Waals surface area contributed by atoms with Gasteiger partial charge in [0.2, 0.25) is 0 Å². The van der Waals surface area contributed by atoms with E-state index in [1.165, 1.54) is 108 Å². The second kappa shape index (κ2) is 16.3. The van der Waals surface area contributed by atoms with Gasteiger partial charge in [0.25, 0.3) is 5.91 Å². The molecule has 1 aromatic heterocycles. The van der Waals surface area contributed by atoms with Gasteiger partial charge in [-0.15, -0.1) is 0 Å². The molecule has 1 heterocycles. The molecule has 5 nitrogen and oxygen atoms in total. The Labute approximate surface area is 199 Å². The molecular weight excluding hydrogens is 414 g/mol. The van der Waals surface area contributed by atoms with Gasteiger partial charge in [0, 0.05) is 18.0 Å². The molecule has 0 saturated heterocycles. The summed E-state index contributed by atoms with van der Waals surface area (Å²) in [6, 6.07) is 6.01. The van der Waals surface area contributed by atoms with E-state index < -0.39 is 11.5 Å². The summed E-state index contributed by atoms with van der Waals surface area (Å²) in [5, 5.41) is 12.9. The molecule has 0 radical (unpaired) electrons. The first kappa shape index (κ1) is 26.9. The minimum atomic E-state index is -0.683. The number of aromatic hydroxyl groups is 1. The highest BCUT2D eigenvalue weighted by molar-refractivity contribution is 5.96. The van der Waals surface area contributed by atoms with E-state index in [9.17, 15) is 14.7 Å². The Bertz CT molecular complexity index is 874. The molecule has 2 rings (SSSR count). The van der Waals surface area contributed by atoms with Gasteiger partial charge in [-0.2, -0.15) is 0 Å². The van der Waals surface area contributed by atoms with E-state index in [0.717, 1.165) is 12.8 Å². The van der Waals surface area contributed by atoms with Crippen molar-refractivity contribution in [3.05, 3.63) is 40.2 Å². The third-order valence-electron chi connectivity index (χ3n) is 6.28. The highest BCUT2D eigenvalue weighted by atomic mass is 16.4. The minimum Gasteiger partial charge on any atom is -0.508 e. The van der Waals surface area contributed by atoms with Crippen LogP contribution in [0.5, 0.6) is 5.75 Å². The number of rotatable bonds is 18. The lowest BCUT2D eigenvalue weighted by atomic mass is 10.0. The molecule has 0 spiro atoms. The zero-order valence-corrected chi connectivity index (χ0v) is 20.5. The maximum absolute atomic E-state index is 12.3. The number of carbonyl (C=O) groups excluding carboxylic acids is 1. The van der Waals surface area contributed by atoms with Crippen molar-refractivity contribution >= 4 is 16.9 Å². The molecule has 0 fully saturated rings. The summed E-state index contributed by atoms with van der Waals surface area (Å²) in [6.45, 7) is 2.83. The lowest BCUT2D eigenvalue weighted by Crippen LogP contribution is -2.29. The first-order chi connectivity index (χ1) is 16.1. The number of phenolic OH excluding ortho intramolecular Hbond substituents is 1. The van der Waals surface area contributed by atoms with Gasteiger partial charge in [-0.25, -0.2) is 4.79 Å². The normalized spacial score (nSPS) is 11.2. The van der Waals surface area contributed by atoms with Gasteiger partial charge in [0.1, 0.15) is 16.9 Å². The lowest BCUT2D eigenvalue weighted by Gasteiger charge is -2.06. The van der Waals surface area contributed by atoms with Crippen LogP contribution in [-0.4, -0.2) is 17.6 Å². The van der Waals surface area contributed by atoms with Crippen molar-refractivity contribution < 1.29 is 14.3 Å². The molecular formula is C28H43NO4. The summed E-state index contributed by atoms with van der Waals surface area (Å²) in [7, 11) is 0. The van der Waals surface area contributed by atoms with Crippen LogP contribution in [0.1, 0.15) is 120 Å². The van der Waals surface area contributed by atoms with Crippen molar-refractivity contribution in [1.29, 1.82) is 0 Å². The molecule has 0 atom stereocenters. The monoisotopic (exact) mass is 457 g/mol. The minimum absolute atomic E-state index is 0.00434. The van der Waals surface area contributed by atoms with Gasteiger partial charge in [-0.3, -0.25) is 4.79 Å². The third-order valence-corrected chi connectivity index (χ3v) is 6.28. The Kier molecular flexibility index (Phi) is 13.3. The van der Waals surface area contributed by atoms with Gasteiger partial charge in [0.15, 0.2) is 0 Å². The summed E-state index contributed by atoms with van der Waals surface area (Å²) in [6.07, 6.45) is 21.0. The standard InChI is InChI=1S/C28H43NO4/c1-2-3-4-5-6-7-8-9-10-11-12-13-14-15-16-17-20-29-27(31)25-21-23-18-19-24(30)22-26(23)33-28(25)32/h18-19,21-22,30H,2-17,20H2,1H3,(H,29,31). The first-order valence-electron chi connectivity index (χ1n) is 13.2. The van der Waals surface area contributed by atoms with Gasteiger partial charge in [0.05, 0.1) is 0 Å². The highest BCUT2D eigenvalue weighted by Gasteiger charge is 2.13. The summed E-state index contributed by atoms with van der Waals surface area (Å²) in [5.41, 5.74) is -0.406. The predicted molar refractivity (Wildman–Crippen MR) is 136 cm³/mol. The Morgan fingerprint density at radius 2 is 1.30 bits per heavy atom. The number of benzene rings is 1. The summed E-state index contributed by atoms with van der Waals surface area (Å²) in [4.78, 5) is 24.4. The molecule has 0 aliphatic heterocycles. The Balaban J connectivity index is 1.44. The first-order valence-corrected chi connectivity index (χ1v) is 13.2. The topological polar surface area (TPSA) is 79.5 Å². The van der Waals surface area contributed by atoms with Crippen LogP contribution in [0.3, 0.4) is 0 Å². The molecule has 0 saturated carbocycles. The fourth-order valence-corrected chi connectivity index (χ4v) is 4.23. The van der Waals surface area contributed by atoms with E-state index in [-0.39, 0.29) is 16.9 Å². The lowest BCUT2D eigenvalue weighted by molar-refractivity contribution is 0.0949. The Morgan fingerprint density at radius 3 is 1.85 bits per heavy atom. The van der Waals surface area contributed by atoms with Crippen LogP contribution in [0, 0.1) is 0 Å². The number of unbranched alkanes of at least 4 members (excludes halogenated alkanes) is 15. The van der Waals surface area contributed by atoms with Crippen molar-refractivity contribution in [2.75, 3.05) is 6.54 Å². The molecule has 0 unspecified atom stereocenters. The van der Waals surface area contributed by atoms with Gasteiger partial charge in [-0.05, 0) is 24.6 Å². The van der Waals surface area contributed by atoms with E-state index in [0.29, 0.717) is 11.9 Å². The number of nitrogens with one attached hydrogen (secondary N) is 1. The molecule has 1 aromatic carbocycles. The van der Waals surface area contributed by atoms with Crippen molar-refractivity contribution in [3.63, 3.8) is 0 Å². The van der Waals surface area contributed by atoms with Crippen LogP contribution in [-0.2, 0) is 0 Å². The van der Waals surface area contributed by atoms with Crippen LogP contribution in [0.15, 0.2) is 33.5 Å². The van der Waals surface area contributed by atoms with Crippen molar-refractivity contribution in [3.8, 4) is 5.75 Å². The number of fused-ring (bicyclic) bond motifs is 1. The smallest absolute Gasteiger partial charge is 0.349 e. The number of hydrogen-bond acceptors (Lipinski definition) is 4. The summed E-state index contributed by atoms with van der Waals surface area (Å²) in [5.74, 6) is -0.383. The summed E-state index contributed by atoms with van der Waals surface area (Å²) >= 11 is 0. The molecule has 0 aliphatic carbocycles. The average Bonchev–Trinajstić information content (AvgIpc) is 2.80. The quantitative estimate of drug-likeness (QED) is 0.179. The maximum atomic E-state index is 12.3. The van der Waals surface area contributed by atoms with Crippen LogP contribution in [0.2, 0.25) is 0 Å². The molecule has 0 bridgehead atoms. The fourth-order valence-electron chi connectivity index (χ4n) is 4.23. The zero-order valence-electron chi connectivity index (χ0n) is 20.5. The molecule has 2 aromatic rings. The van der Waals surface area contributed by atoms with E-state index in [1.54, 1.807) is 6.07 Å². The summed E-state index contributed by atoms with van der Waals surface area (Å²) < 4.78 is 5.16. The number of carbonyl (C=O) groups is 1. The Hall–Kier alpha value is -2.30. The van der Waals surface area contributed by atoms with Crippen LogP contribution >= 0.6 is 0 Å². The van der Waals surface area contributed by atoms with E-state index in [1.807, 2.05) is 0 Å². The number of amides is 1. The van der Waals surface area contributed by atoms with Crippen LogP contribution in [0.4, 0.5) is 0 Å². The van der Waals surface area contributed by atoms with Crippen molar-refractivity contribution in [2.24, 2.45) is 0 Å². The largest absolute Gasteiger partial charge is 0.508 e. The molecule has 184 valence electrons. The number of hydrogen-bond donors (Lipinski definition) is 2. The fraction of sp³-hybridized carbons (Fsp3) is 0.643. The maximum Gasteiger partial charge on any atom is 0.349 e. The molecule has 0 aliphatic rings. The molecule has 2 N–H and O–H groups in total. The molecule has 5 heteroatoms. The number of phenols is 1. The molecule has 33 heavy (non-hydrogen) atoms. The predicted octanol–water partition coefficient (Wildman–Crippen LogP) is 7.49.